The molecule has 4 heteroatoms. The summed E-state index contributed by atoms with van der Waals surface area (Å²) in [5.74, 6) is 0.438. The van der Waals surface area contributed by atoms with Gasteiger partial charge in [0.25, 0.3) is 0 Å². The molecule has 0 saturated heterocycles. The van der Waals surface area contributed by atoms with E-state index in [2.05, 4.69) is 30.5 Å². The zero-order valence-corrected chi connectivity index (χ0v) is 13.3. The molecule has 0 spiro atoms. The Balaban J connectivity index is 2.02. The topological polar surface area (TPSA) is 41.1 Å². The first kappa shape index (κ1) is 15.4. The van der Waals surface area contributed by atoms with E-state index in [0.717, 1.165) is 16.3 Å². The molecule has 21 heavy (non-hydrogen) atoms. The van der Waals surface area contributed by atoms with Crippen LogP contribution in [-0.2, 0) is 0 Å². The summed E-state index contributed by atoms with van der Waals surface area (Å²) in [4.78, 5) is 13.2. The third-order valence-corrected chi connectivity index (χ3v) is 3.86. The monoisotopic (exact) mass is 300 g/mol. The van der Waals surface area contributed by atoms with E-state index in [-0.39, 0.29) is 6.03 Å². The number of urea groups is 1. The van der Waals surface area contributed by atoms with Crippen molar-refractivity contribution in [3.05, 3.63) is 54.1 Å². The lowest BCUT2D eigenvalue weighted by Crippen LogP contribution is -2.19. The molecular formula is C17H20N2OS. The minimum Gasteiger partial charge on any atom is -0.308 e. The molecule has 0 heterocycles. The Morgan fingerprint density at radius 3 is 2.24 bits per heavy atom. The van der Waals surface area contributed by atoms with E-state index in [9.17, 15) is 4.79 Å². The Bertz CT molecular complexity index is 626. The third-order valence-electron chi connectivity index (χ3n) is 3.14. The van der Waals surface area contributed by atoms with Crippen LogP contribution in [0.4, 0.5) is 16.2 Å². The summed E-state index contributed by atoms with van der Waals surface area (Å²) in [6.45, 7) is 4.26. The van der Waals surface area contributed by atoms with Crippen molar-refractivity contribution in [2.45, 2.75) is 24.7 Å². The lowest BCUT2D eigenvalue weighted by Gasteiger charge is -2.11. The largest absolute Gasteiger partial charge is 0.323 e. The van der Waals surface area contributed by atoms with E-state index in [1.807, 2.05) is 48.7 Å². The molecule has 0 atom stereocenters. The highest BCUT2D eigenvalue weighted by atomic mass is 32.2. The summed E-state index contributed by atoms with van der Waals surface area (Å²) < 4.78 is 0. The van der Waals surface area contributed by atoms with Crippen LogP contribution in [0, 0.1) is 0 Å². The number of amides is 2. The Labute approximate surface area is 130 Å². The Kier molecular flexibility index (Phi) is 5.28. The number of thioether (sulfide) groups is 1. The molecule has 0 fully saturated rings. The van der Waals surface area contributed by atoms with Crippen LogP contribution < -0.4 is 10.6 Å². The highest BCUT2D eigenvalue weighted by molar-refractivity contribution is 7.98. The van der Waals surface area contributed by atoms with Gasteiger partial charge in [0.05, 0.1) is 0 Å². The minimum absolute atomic E-state index is 0.228. The molecule has 0 aliphatic rings. The number of nitrogens with one attached hydrogen (secondary N) is 2. The molecule has 2 rings (SSSR count). The fourth-order valence-electron chi connectivity index (χ4n) is 1.97. The Hall–Kier alpha value is -1.94. The van der Waals surface area contributed by atoms with Gasteiger partial charge < -0.3 is 10.6 Å². The number of carbonyl (C=O) groups is 1. The highest BCUT2D eigenvalue weighted by Gasteiger charge is 2.05. The lowest BCUT2D eigenvalue weighted by atomic mass is 10.0. The molecule has 3 nitrogen and oxygen atoms in total. The van der Waals surface area contributed by atoms with Crippen LogP contribution in [0.25, 0.3) is 0 Å². The van der Waals surface area contributed by atoms with E-state index in [0.29, 0.717) is 5.92 Å². The molecule has 0 radical (unpaired) electrons. The molecule has 2 amide bonds. The summed E-state index contributed by atoms with van der Waals surface area (Å²) in [7, 11) is 0. The molecule has 110 valence electrons. The Morgan fingerprint density at radius 1 is 1.00 bits per heavy atom. The smallest absolute Gasteiger partial charge is 0.308 e. The van der Waals surface area contributed by atoms with E-state index in [4.69, 9.17) is 0 Å². The normalized spacial score (nSPS) is 10.5. The van der Waals surface area contributed by atoms with Gasteiger partial charge in [0, 0.05) is 16.3 Å². The predicted molar refractivity (Wildman–Crippen MR) is 91.4 cm³/mol. The maximum absolute atomic E-state index is 12.0. The van der Waals surface area contributed by atoms with Crippen molar-refractivity contribution < 1.29 is 4.79 Å². The second-order valence-corrected chi connectivity index (χ2v) is 5.97. The summed E-state index contributed by atoms with van der Waals surface area (Å²) in [6.07, 6.45) is 2.01. The van der Waals surface area contributed by atoms with Crippen molar-refractivity contribution in [3.63, 3.8) is 0 Å². The zero-order valence-electron chi connectivity index (χ0n) is 12.5. The van der Waals surface area contributed by atoms with Gasteiger partial charge in [-0.15, -0.1) is 11.8 Å². The van der Waals surface area contributed by atoms with Gasteiger partial charge in [-0.3, -0.25) is 0 Å². The molecule has 2 N–H and O–H groups in total. The molecule has 0 aliphatic carbocycles. The van der Waals surface area contributed by atoms with Crippen molar-refractivity contribution >= 4 is 29.2 Å². The summed E-state index contributed by atoms with van der Waals surface area (Å²) >= 11 is 1.65. The number of anilines is 2. The van der Waals surface area contributed by atoms with Crippen LogP contribution in [0.2, 0.25) is 0 Å². The SMILES string of the molecule is CSc1cccc(NC(=O)Nc2cccc(C(C)C)c2)c1. The standard InChI is InChI=1S/C17H20N2OS/c1-12(2)13-6-4-7-14(10-13)18-17(20)19-15-8-5-9-16(11-15)21-3/h4-12H,1-3H3,(H2,18,19,20). The van der Waals surface area contributed by atoms with E-state index < -0.39 is 0 Å². The van der Waals surface area contributed by atoms with Gasteiger partial charge in [-0.1, -0.05) is 32.0 Å². The number of hydrogen-bond acceptors (Lipinski definition) is 2. The number of carbonyl (C=O) groups excluding carboxylic acids is 1. The lowest BCUT2D eigenvalue weighted by molar-refractivity contribution is 0.262. The minimum atomic E-state index is -0.228. The predicted octanol–water partition coefficient (Wildman–Crippen LogP) is 5.18. The van der Waals surface area contributed by atoms with Crippen molar-refractivity contribution in [3.8, 4) is 0 Å². The van der Waals surface area contributed by atoms with Crippen LogP contribution in [0.1, 0.15) is 25.3 Å². The van der Waals surface area contributed by atoms with Gasteiger partial charge in [0.2, 0.25) is 0 Å². The quantitative estimate of drug-likeness (QED) is 0.764. The maximum atomic E-state index is 12.0. The van der Waals surface area contributed by atoms with Crippen LogP contribution in [0.3, 0.4) is 0 Å². The van der Waals surface area contributed by atoms with Gasteiger partial charge >= 0.3 is 6.03 Å². The second-order valence-electron chi connectivity index (χ2n) is 5.09. The van der Waals surface area contributed by atoms with Crippen molar-refractivity contribution in [1.29, 1.82) is 0 Å². The van der Waals surface area contributed by atoms with Crippen molar-refractivity contribution in [1.82, 2.24) is 0 Å². The van der Waals surface area contributed by atoms with E-state index in [1.54, 1.807) is 11.8 Å². The third kappa shape index (κ3) is 4.53. The number of hydrogen-bond donors (Lipinski definition) is 2. The van der Waals surface area contributed by atoms with Gasteiger partial charge in [-0.25, -0.2) is 4.79 Å². The summed E-state index contributed by atoms with van der Waals surface area (Å²) in [6, 6.07) is 15.5. The van der Waals surface area contributed by atoms with Crippen LogP contribution in [0.15, 0.2) is 53.4 Å². The first-order valence-corrected chi connectivity index (χ1v) is 8.13. The first-order chi connectivity index (χ1) is 10.1. The molecular weight excluding hydrogens is 280 g/mol. The fourth-order valence-corrected chi connectivity index (χ4v) is 2.43. The van der Waals surface area contributed by atoms with E-state index in [1.165, 1.54) is 5.56 Å². The number of rotatable bonds is 4. The summed E-state index contributed by atoms with van der Waals surface area (Å²) in [5.41, 5.74) is 2.80. The van der Waals surface area contributed by atoms with Gasteiger partial charge in [0.1, 0.15) is 0 Å². The average molecular weight is 300 g/mol. The fraction of sp³-hybridized carbons (Fsp3) is 0.235. The second kappa shape index (κ2) is 7.18. The first-order valence-electron chi connectivity index (χ1n) is 6.90. The molecule has 0 saturated carbocycles. The van der Waals surface area contributed by atoms with Gasteiger partial charge in [-0.2, -0.15) is 0 Å². The molecule has 0 aliphatic heterocycles. The zero-order chi connectivity index (χ0) is 15.2. The average Bonchev–Trinajstić information content (AvgIpc) is 2.47. The maximum Gasteiger partial charge on any atom is 0.323 e. The van der Waals surface area contributed by atoms with Crippen molar-refractivity contribution in [2.24, 2.45) is 0 Å². The van der Waals surface area contributed by atoms with Gasteiger partial charge in [0.15, 0.2) is 0 Å². The van der Waals surface area contributed by atoms with Crippen LogP contribution >= 0.6 is 11.8 Å². The van der Waals surface area contributed by atoms with Crippen LogP contribution in [0.5, 0.6) is 0 Å². The highest BCUT2D eigenvalue weighted by Crippen LogP contribution is 2.20. The van der Waals surface area contributed by atoms with Gasteiger partial charge in [-0.05, 0) is 48.1 Å². The molecule has 2 aromatic rings. The Morgan fingerprint density at radius 2 is 1.62 bits per heavy atom. The van der Waals surface area contributed by atoms with Crippen molar-refractivity contribution in [2.75, 3.05) is 16.9 Å². The molecule has 0 unspecified atom stereocenters. The molecule has 2 aromatic carbocycles. The summed E-state index contributed by atoms with van der Waals surface area (Å²) in [5, 5.41) is 5.72. The van der Waals surface area contributed by atoms with Crippen LogP contribution in [-0.4, -0.2) is 12.3 Å². The van der Waals surface area contributed by atoms with E-state index >= 15 is 0 Å². The number of benzene rings is 2. The molecule has 0 aromatic heterocycles. The molecule has 0 bridgehead atoms.